The molecule has 1 amide bonds. The van der Waals surface area contributed by atoms with Crippen LogP contribution in [0.2, 0.25) is 0 Å². The van der Waals surface area contributed by atoms with Gasteiger partial charge in [0.1, 0.15) is 28.8 Å². The molecule has 0 saturated carbocycles. The van der Waals surface area contributed by atoms with Crippen molar-refractivity contribution < 1.29 is 18.0 Å². The van der Waals surface area contributed by atoms with E-state index in [1.54, 1.807) is 13.8 Å². The van der Waals surface area contributed by atoms with Gasteiger partial charge in [0.05, 0.1) is 5.56 Å². The lowest BCUT2D eigenvalue weighted by Crippen LogP contribution is -2.14. The van der Waals surface area contributed by atoms with E-state index in [2.05, 4.69) is 5.32 Å². The molecule has 3 nitrogen and oxygen atoms in total. The number of nitrogens with one attached hydrogen (secondary N) is 1. The predicted octanol–water partition coefficient (Wildman–Crippen LogP) is 3.43. The summed E-state index contributed by atoms with van der Waals surface area (Å²) in [5, 5.41) is 2.20. The van der Waals surface area contributed by atoms with Crippen LogP contribution in [0.15, 0.2) is 28.7 Å². The van der Waals surface area contributed by atoms with Gasteiger partial charge >= 0.3 is 0 Å². The summed E-state index contributed by atoms with van der Waals surface area (Å²) in [6, 6.07) is 4.90. The van der Waals surface area contributed by atoms with Crippen molar-refractivity contribution in [1.29, 1.82) is 0 Å². The molecule has 0 aliphatic rings. The third-order valence-corrected chi connectivity index (χ3v) is 2.49. The normalized spacial score (nSPS) is 10.4. The number of furan rings is 1. The van der Waals surface area contributed by atoms with E-state index >= 15 is 0 Å². The number of anilines is 1. The maximum atomic E-state index is 13.4. The van der Waals surface area contributed by atoms with Gasteiger partial charge in [0.15, 0.2) is 0 Å². The molecule has 0 aliphatic carbocycles. The molecule has 1 N–H and O–H groups in total. The summed E-state index contributed by atoms with van der Waals surface area (Å²) in [6.45, 7) is 3.30. The van der Waals surface area contributed by atoms with Crippen molar-refractivity contribution in [3.05, 3.63) is 53.0 Å². The standard InChI is InChI=1S/C13H11F2NO2/c1-7-6-9(8(2)18-7)13(17)16-12-10(14)4-3-5-11(12)15/h3-6H,1-2H3,(H,16,17). The lowest BCUT2D eigenvalue weighted by Gasteiger charge is -2.06. The van der Waals surface area contributed by atoms with Crippen LogP contribution in [0.5, 0.6) is 0 Å². The molecule has 2 aromatic rings. The Balaban J connectivity index is 2.30. The molecule has 0 aliphatic heterocycles. The molecule has 1 aromatic heterocycles. The Morgan fingerprint density at radius 3 is 2.33 bits per heavy atom. The number of carbonyl (C=O) groups excluding carboxylic acids is 1. The van der Waals surface area contributed by atoms with Crippen molar-refractivity contribution in [1.82, 2.24) is 0 Å². The van der Waals surface area contributed by atoms with Crippen LogP contribution in [-0.4, -0.2) is 5.91 Å². The summed E-state index contributed by atoms with van der Waals surface area (Å²) in [6.07, 6.45) is 0. The Kier molecular flexibility index (Phi) is 3.14. The van der Waals surface area contributed by atoms with E-state index in [-0.39, 0.29) is 5.56 Å². The van der Waals surface area contributed by atoms with E-state index in [0.29, 0.717) is 11.5 Å². The Morgan fingerprint density at radius 1 is 1.22 bits per heavy atom. The molecule has 0 radical (unpaired) electrons. The average molecular weight is 251 g/mol. The first-order chi connectivity index (χ1) is 8.49. The van der Waals surface area contributed by atoms with E-state index in [1.165, 1.54) is 12.1 Å². The lowest BCUT2D eigenvalue weighted by atomic mass is 10.2. The zero-order valence-electron chi connectivity index (χ0n) is 9.88. The fraction of sp³-hybridized carbons (Fsp3) is 0.154. The van der Waals surface area contributed by atoms with Gasteiger partial charge in [0.2, 0.25) is 0 Å². The van der Waals surface area contributed by atoms with Crippen molar-refractivity contribution >= 4 is 11.6 Å². The fourth-order valence-electron chi connectivity index (χ4n) is 1.65. The molecule has 1 heterocycles. The van der Waals surface area contributed by atoms with Crippen molar-refractivity contribution in [2.24, 2.45) is 0 Å². The third-order valence-electron chi connectivity index (χ3n) is 2.49. The predicted molar refractivity (Wildman–Crippen MR) is 62.5 cm³/mol. The molecular formula is C13H11F2NO2. The number of hydrogen-bond donors (Lipinski definition) is 1. The summed E-state index contributed by atoms with van der Waals surface area (Å²) < 4.78 is 31.9. The largest absolute Gasteiger partial charge is 0.466 e. The smallest absolute Gasteiger partial charge is 0.259 e. The number of halogens is 2. The first kappa shape index (κ1) is 12.3. The number of para-hydroxylation sites is 1. The van der Waals surface area contributed by atoms with Crippen LogP contribution < -0.4 is 5.32 Å². The minimum Gasteiger partial charge on any atom is -0.466 e. The Labute approximate surface area is 102 Å². The van der Waals surface area contributed by atoms with Gasteiger partial charge in [-0.1, -0.05) is 6.07 Å². The highest BCUT2D eigenvalue weighted by atomic mass is 19.1. The van der Waals surface area contributed by atoms with E-state index in [4.69, 9.17) is 4.42 Å². The highest BCUT2D eigenvalue weighted by Gasteiger charge is 2.17. The number of benzene rings is 1. The minimum absolute atomic E-state index is 0.259. The van der Waals surface area contributed by atoms with E-state index < -0.39 is 23.2 Å². The van der Waals surface area contributed by atoms with E-state index in [1.807, 2.05) is 0 Å². The van der Waals surface area contributed by atoms with Crippen LogP contribution in [0.25, 0.3) is 0 Å². The molecule has 0 saturated heterocycles. The number of rotatable bonds is 2. The molecule has 18 heavy (non-hydrogen) atoms. The summed E-state index contributed by atoms with van der Waals surface area (Å²) in [7, 11) is 0. The molecule has 94 valence electrons. The monoisotopic (exact) mass is 251 g/mol. The summed E-state index contributed by atoms with van der Waals surface area (Å²) >= 11 is 0. The van der Waals surface area contributed by atoms with Crippen molar-refractivity contribution in [3.8, 4) is 0 Å². The summed E-state index contributed by atoms with van der Waals surface area (Å²) in [5.41, 5.74) is -0.198. The van der Waals surface area contributed by atoms with Gasteiger partial charge in [0, 0.05) is 0 Å². The Morgan fingerprint density at radius 2 is 1.83 bits per heavy atom. The van der Waals surface area contributed by atoms with Gasteiger partial charge in [0.25, 0.3) is 5.91 Å². The molecule has 5 heteroatoms. The molecular weight excluding hydrogens is 240 g/mol. The van der Waals surface area contributed by atoms with Gasteiger partial charge in [-0.15, -0.1) is 0 Å². The van der Waals surface area contributed by atoms with Gasteiger partial charge in [-0.2, -0.15) is 0 Å². The Hall–Kier alpha value is -2.17. The topological polar surface area (TPSA) is 42.2 Å². The SMILES string of the molecule is Cc1cc(C(=O)Nc2c(F)cccc2F)c(C)o1. The zero-order chi connectivity index (χ0) is 13.3. The van der Waals surface area contributed by atoms with Gasteiger partial charge in [-0.05, 0) is 32.0 Å². The second-order valence-electron chi connectivity index (χ2n) is 3.88. The van der Waals surface area contributed by atoms with Crippen LogP contribution in [0, 0.1) is 25.5 Å². The van der Waals surface area contributed by atoms with Gasteiger partial charge in [-0.3, -0.25) is 4.79 Å². The number of amides is 1. The van der Waals surface area contributed by atoms with Crippen LogP contribution in [0.3, 0.4) is 0 Å². The maximum absolute atomic E-state index is 13.4. The molecule has 0 bridgehead atoms. The molecule has 0 atom stereocenters. The quantitative estimate of drug-likeness (QED) is 0.888. The Bertz CT molecular complexity index is 585. The molecule has 0 unspecified atom stereocenters. The highest BCUT2D eigenvalue weighted by Crippen LogP contribution is 2.20. The summed E-state index contributed by atoms with van der Waals surface area (Å²) in [5.74, 6) is -1.27. The van der Waals surface area contributed by atoms with Gasteiger partial charge in [-0.25, -0.2) is 8.78 Å². The van der Waals surface area contributed by atoms with Crippen LogP contribution >= 0.6 is 0 Å². The first-order valence-corrected chi connectivity index (χ1v) is 5.31. The second kappa shape index (κ2) is 4.60. The number of aryl methyl sites for hydroxylation is 2. The fourth-order valence-corrected chi connectivity index (χ4v) is 1.65. The number of carbonyl (C=O) groups is 1. The molecule has 2 rings (SSSR count). The van der Waals surface area contributed by atoms with E-state index in [9.17, 15) is 13.6 Å². The highest BCUT2D eigenvalue weighted by molar-refractivity contribution is 6.05. The second-order valence-corrected chi connectivity index (χ2v) is 3.88. The van der Waals surface area contributed by atoms with Gasteiger partial charge < -0.3 is 9.73 Å². The molecule has 0 spiro atoms. The minimum atomic E-state index is -0.818. The van der Waals surface area contributed by atoms with Crippen molar-refractivity contribution in [2.75, 3.05) is 5.32 Å². The lowest BCUT2D eigenvalue weighted by molar-refractivity contribution is 0.102. The zero-order valence-corrected chi connectivity index (χ0v) is 9.88. The average Bonchev–Trinajstić information content (AvgIpc) is 2.63. The van der Waals surface area contributed by atoms with Crippen LogP contribution in [-0.2, 0) is 0 Å². The van der Waals surface area contributed by atoms with Crippen molar-refractivity contribution in [3.63, 3.8) is 0 Å². The number of hydrogen-bond acceptors (Lipinski definition) is 2. The van der Waals surface area contributed by atoms with Crippen molar-refractivity contribution in [2.45, 2.75) is 13.8 Å². The first-order valence-electron chi connectivity index (χ1n) is 5.31. The summed E-state index contributed by atoms with van der Waals surface area (Å²) in [4.78, 5) is 11.8. The van der Waals surface area contributed by atoms with Crippen LogP contribution in [0.1, 0.15) is 21.9 Å². The van der Waals surface area contributed by atoms with Crippen LogP contribution in [0.4, 0.5) is 14.5 Å². The molecule has 1 aromatic carbocycles. The maximum Gasteiger partial charge on any atom is 0.259 e. The third kappa shape index (κ3) is 2.25. The van der Waals surface area contributed by atoms with E-state index in [0.717, 1.165) is 12.1 Å². The molecule has 0 fully saturated rings.